The summed E-state index contributed by atoms with van der Waals surface area (Å²) in [5.74, 6) is 0.194. The summed E-state index contributed by atoms with van der Waals surface area (Å²) in [5, 5.41) is 8.78. The molecule has 0 unspecified atom stereocenters. The van der Waals surface area contributed by atoms with E-state index in [1.807, 2.05) is 13.8 Å². The molecule has 0 aromatic carbocycles. The van der Waals surface area contributed by atoms with Crippen LogP contribution in [0.3, 0.4) is 0 Å². The van der Waals surface area contributed by atoms with Crippen LogP contribution in [0.15, 0.2) is 0 Å². The maximum Gasteiger partial charge on any atom is 0.305 e. The van der Waals surface area contributed by atoms with Crippen molar-refractivity contribution >= 4 is 29.5 Å². The van der Waals surface area contributed by atoms with Gasteiger partial charge in [0.05, 0.1) is 12.3 Å². The molecule has 1 fully saturated rings. The van der Waals surface area contributed by atoms with Crippen LogP contribution in [-0.2, 0) is 14.4 Å². The molecular formula is C13H22N2O4S. The van der Waals surface area contributed by atoms with Crippen molar-refractivity contribution in [2.75, 3.05) is 24.7 Å². The van der Waals surface area contributed by atoms with Crippen molar-refractivity contribution in [1.82, 2.24) is 9.80 Å². The van der Waals surface area contributed by atoms with Gasteiger partial charge in [0.15, 0.2) is 0 Å². The standard InChI is InChI=1S/C13H22N2O4S/c1-9(2)6-14(5-4-12(17)18)13(19)11-7-20-8-15(11)10(3)16/h9,11H,4-8H2,1-3H3,(H,17,18)/t11-/m1/s1. The number of hydrogen-bond acceptors (Lipinski definition) is 4. The Morgan fingerprint density at radius 3 is 2.55 bits per heavy atom. The SMILES string of the molecule is CC(=O)N1CSC[C@@H]1C(=O)N(CCC(=O)O)CC(C)C. The second kappa shape index (κ2) is 7.52. The summed E-state index contributed by atoms with van der Waals surface area (Å²) in [4.78, 5) is 37.9. The summed E-state index contributed by atoms with van der Waals surface area (Å²) < 4.78 is 0. The highest BCUT2D eigenvalue weighted by molar-refractivity contribution is 7.99. The Kier molecular flexibility index (Phi) is 6.32. The Morgan fingerprint density at radius 2 is 2.05 bits per heavy atom. The van der Waals surface area contributed by atoms with Gasteiger partial charge in [0, 0.05) is 25.8 Å². The van der Waals surface area contributed by atoms with Gasteiger partial charge in [-0.1, -0.05) is 13.8 Å². The molecule has 1 rings (SSSR count). The number of aliphatic carboxylic acids is 1. The molecule has 0 aromatic heterocycles. The zero-order chi connectivity index (χ0) is 15.3. The molecule has 114 valence electrons. The van der Waals surface area contributed by atoms with E-state index >= 15 is 0 Å². The minimum Gasteiger partial charge on any atom is -0.481 e. The lowest BCUT2D eigenvalue weighted by Gasteiger charge is -2.30. The Morgan fingerprint density at radius 1 is 1.40 bits per heavy atom. The molecule has 0 bridgehead atoms. The third-order valence-corrected chi connectivity index (χ3v) is 4.08. The van der Waals surface area contributed by atoms with Crippen molar-refractivity contribution in [3.05, 3.63) is 0 Å². The predicted octanol–water partition coefficient (Wildman–Crippen LogP) is 0.867. The van der Waals surface area contributed by atoms with Crippen molar-refractivity contribution in [2.24, 2.45) is 5.92 Å². The van der Waals surface area contributed by atoms with Gasteiger partial charge >= 0.3 is 5.97 Å². The van der Waals surface area contributed by atoms with Crippen molar-refractivity contribution in [3.8, 4) is 0 Å². The van der Waals surface area contributed by atoms with Crippen LogP contribution in [0.5, 0.6) is 0 Å². The van der Waals surface area contributed by atoms with Crippen LogP contribution in [0.1, 0.15) is 27.2 Å². The Balaban J connectivity index is 2.75. The van der Waals surface area contributed by atoms with E-state index in [1.54, 1.807) is 21.6 Å². The molecular weight excluding hydrogens is 280 g/mol. The van der Waals surface area contributed by atoms with Gasteiger partial charge in [0.25, 0.3) is 0 Å². The van der Waals surface area contributed by atoms with Crippen LogP contribution >= 0.6 is 11.8 Å². The monoisotopic (exact) mass is 302 g/mol. The number of rotatable bonds is 6. The van der Waals surface area contributed by atoms with Gasteiger partial charge in [-0.2, -0.15) is 0 Å². The molecule has 6 nitrogen and oxygen atoms in total. The average molecular weight is 302 g/mol. The van der Waals surface area contributed by atoms with Gasteiger partial charge < -0.3 is 14.9 Å². The van der Waals surface area contributed by atoms with E-state index in [2.05, 4.69) is 0 Å². The van der Waals surface area contributed by atoms with Crippen molar-refractivity contribution in [2.45, 2.75) is 33.2 Å². The number of nitrogens with zero attached hydrogens (tertiary/aromatic N) is 2. The summed E-state index contributed by atoms with van der Waals surface area (Å²) >= 11 is 1.55. The minimum absolute atomic E-state index is 0.0710. The van der Waals surface area contributed by atoms with Gasteiger partial charge in [-0.15, -0.1) is 11.8 Å². The summed E-state index contributed by atoms with van der Waals surface area (Å²) in [6.45, 7) is 6.12. The first kappa shape index (κ1) is 16.8. The second-order valence-electron chi connectivity index (χ2n) is 5.33. The average Bonchev–Trinajstić information content (AvgIpc) is 2.82. The number of carbonyl (C=O) groups excluding carboxylic acids is 2. The van der Waals surface area contributed by atoms with Gasteiger partial charge in [-0.25, -0.2) is 0 Å². The first-order valence-electron chi connectivity index (χ1n) is 6.68. The fraction of sp³-hybridized carbons (Fsp3) is 0.769. The highest BCUT2D eigenvalue weighted by Crippen LogP contribution is 2.23. The lowest BCUT2D eigenvalue weighted by molar-refractivity contribution is -0.144. The number of amides is 2. The van der Waals surface area contributed by atoms with Crippen LogP contribution < -0.4 is 0 Å². The van der Waals surface area contributed by atoms with E-state index in [0.717, 1.165) is 0 Å². The first-order chi connectivity index (χ1) is 9.32. The topological polar surface area (TPSA) is 77.9 Å². The van der Waals surface area contributed by atoms with Crippen LogP contribution in [-0.4, -0.2) is 63.5 Å². The number of thioether (sulfide) groups is 1. The Bertz CT molecular complexity index is 387. The Labute approximate surface area is 123 Å². The zero-order valence-corrected chi connectivity index (χ0v) is 13.0. The predicted molar refractivity (Wildman–Crippen MR) is 77.3 cm³/mol. The van der Waals surface area contributed by atoms with Crippen LogP contribution in [0.4, 0.5) is 0 Å². The van der Waals surface area contributed by atoms with E-state index in [0.29, 0.717) is 18.2 Å². The van der Waals surface area contributed by atoms with E-state index in [-0.39, 0.29) is 30.7 Å². The molecule has 7 heteroatoms. The lowest BCUT2D eigenvalue weighted by atomic mass is 10.1. The van der Waals surface area contributed by atoms with Crippen molar-refractivity contribution in [3.63, 3.8) is 0 Å². The molecule has 1 saturated heterocycles. The van der Waals surface area contributed by atoms with Crippen LogP contribution in [0.25, 0.3) is 0 Å². The zero-order valence-electron chi connectivity index (χ0n) is 12.2. The van der Waals surface area contributed by atoms with Crippen LogP contribution in [0.2, 0.25) is 0 Å². The molecule has 0 spiro atoms. The fourth-order valence-electron chi connectivity index (χ4n) is 2.13. The Hall–Kier alpha value is -1.24. The molecule has 2 amide bonds. The minimum atomic E-state index is -0.921. The highest BCUT2D eigenvalue weighted by Gasteiger charge is 2.35. The molecule has 1 aliphatic rings. The third-order valence-electron chi connectivity index (χ3n) is 3.06. The van der Waals surface area contributed by atoms with Gasteiger partial charge in [0.2, 0.25) is 11.8 Å². The maximum absolute atomic E-state index is 12.5. The first-order valence-corrected chi connectivity index (χ1v) is 7.84. The number of carboxylic acid groups (broad SMARTS) is 1. The maximum atomic E-state index is 12.5. The molecule has 1 heterocycles. The van der Waals surface area contributed by atoms with Crippen molar-refractivity contribution < 1.29 is 19.5 Å². The smallest absolute Gasteiger partial charge is 0.305 e. The summed E-state index contributed by atoms with van der Waals surface area (Å²) in [7, 11) is 0. The number of carbonyl (C=O) groups is 3. The molecule has 1 aliphatic heterocycles. The van der Waals surface area contributed by atoms with Gasteiger partial charge in [-0.05, 0) is 5.92 Å². The lowest BCUT2D eigenvalue weighted by Crippen LogP contribution is -2.49. The largest absolute Gasteiger partial charge is 0.481 e. The molecule has 0 saturated carbocycles. The molecule has 0 radical (unpaired) electrons. The third kappa shape index (κ3) is 4.70. The van der Waals surface area contributed by atoms with Gasteiger partial charge in [-0.3, -0.25) is 14.4 Å². The summed E-state index contributed by atoms with van der Waals surface area (Å²) in [6.07, 6.45) is -0.0710. The van der Waals surface area contributed by atoms with Gasteiger partial charge in [0.1, 0.15) is 6.04 Å². The van der Waals surface area contributed by atoms with E-state index in [1.165, 1.54) is 6.92 Å². The number of carboxylic acids is 1. The van der Waals surface area contributed by atoms with E-state index < -0.39 is 12.0 Å². The molecule has 0 aliphatic carbocycles. The molecule has 20 heavy (non-hydrogen) atoms. The van der Waals surface area contributed by atoms with Crippen LogP contribution in [0, 0.1) is 5.92 Å². The summed E-state index contributed by atoms with van der Waals surface area (Å²) in [5.41, 5.74) is 0. The molecule has 1 N–H and O–H groups in total. The number of hydrogen-bond donors (Lipinski definition) is 1. The van der Waals surface area contributed by atoms with E-state index in [4.69, 9.17) is 5.11 Å². The summed E-state index contributed by atoms with van der Waals surface area (Å²) in [6, 6.07) is -0.454. The molecule has 0 aromatic rings. The molecule has 1 atom stereocenters. The van der Waals surface area contributed by atoms with E-state index in [9.17, 15) is 14.4 Å². The normalized spacial score (nSPS) is 18.4. The highest BCUT2D eigenvalue weighted by atomic mass is 32.2. The fourth-order valence-corrected chi connectivity index (χ4v) is 3.34. The van der Waals surface area contributed by atoms with Crippen molar-refractivity contribution in [1.29, 1.82) is 0 Å². The quantitative estimate of drug-likeness (QED) is 0.787. The second-order valence-corrected chi connectivity index (χ2v) is 6.33.